The van der Waals surface area contributed by atoms with Crippen molar-refractivity contribution in [2.75, 3.05) is 13.1 Å². The van der Waals surface area contributed by atoms with Gasteiger partial charge >= 0.3 is 0 Å². The lowest BCUT2D eigenvalue weighted by Crippen LogP contribution is -2.36. The van der Waals surface area contributed by atoms with Crippen molar-refractivity contribution in [3.63, 3.8) is 0 Å². The van der Waals surface area contributed by atoms with Crippen LogP contribution < -0.4 is 5.32 Å². The molecule has 23 heavy (non-hydrogen) atoms. The Morgan fingerprint density at radius 1 is 1.39 bits per heavy atom. The van der Waals surface area contributed by atoms with Crippen LogP contribution in [0.2, 0.25) is 5.15 Å². The standard InChI is InChI=1S/C16H22ClN5S/c1-21-13(17)9-20-14(21)10-22(11-15-19-6-7-23-15)12-8-16(12)2-4-18-5-3-16/h6-7,9,12,18H,2-5,8,10-11H2,1H3/t12-/m1/s1. The van der Waals surface area contributed by atoms with Crippen LogP contribution in [0.4, 0.5) is 0 Å². The quantitative estimate of drug-likeness (QED) is 0.899. The Labute approximate surface area is 145 Å². The Balaban J connectivity index is 1.53. The second-order valence-corrected chi connectivity index (χ2v) is 8.09. The van der Waals surface area contributed by atoms with Crippen LogP contribution in [0.1, 0.15) is 30.1 Å². The SMILES string of the molecule is Cn1c(Cl)cnc1CN(Cc1nccs1)[C@@H]1CC12CCNCC2. The van der Waals surface area contributed by atoms with E-state index in [1.807, 2.05) is 17.8 Å². The first-order valence-corrected chi connectivity index (χ1v) is 9.43. The van der Waals surface area contributed by atoms with E-state index in [4.69, 9.17) is 11.6 Å². The summed E-state index contributed by atoms with van der Waals surface area (Å²) in [6.45, 7) is 4.04. The summed E-state index contributed by atoms with van der Waals surface area (Å²) in [7, 11) is 1.99. The van der Waals surface area contributed by atoms with Crippen LogP contribution in [0.15, 0.2) is 17.8 Å². The second kappa shape index (κ2) is 6.16. The predicted octanol–water partition coefficient (Wildman–Crippen LogP) is 2.67. The molecular formula is C16H22ClN5S. The molecule has 1 spiro atoms. The lowest BCUT2D eigenvalue weighted by atomic mass is 9.93. The molecular weight excluding hydrogens is 330 g/mol. The maximum absolute atomic E-state index is 6.16. The van der Waals surface area contributed by atoms with Crippen LogP contribution in [0.3, 0.4) is 0 Å². The minimum absolute atomic E-state index is 0.511. The number of thiazole rings is 1. The Kier molecular flexibility index (Phi) is 4.17. The van der Waals surface area contributed by atoms with Crippen molar-refractivity contribution in [2.24, 2.45) is 12.5 Å². The number of halogens is 1. The van der Waals surface area contributed by atoms with E-state index in [9.17, 15) is 0 Å². The largest absolute Gasteiger partial charge is 0.321 e. The molecule has 0 aromatic carbocycles. The van der Waals surface area contributed by atoms with Crippen LogP contribution in [-0.2, 0) is 20.1 Å². The summed E-state index contributed by atoms with van der Waals surface area (Å²) in [4.78, 5) is 11.5. The highest BCUT2D eigenvalue weighted by molar-refractivity contribution is 7.09. The van der Waals surface area contributed by atoms with Crippen LogP contribution in [0, 0.1) is 5.41 Å². The molecule has 1 atom stereocenters. The van der Waals surface area contributed by atoms with Crippen LogP contribution in [0.5, 0.6) is 0 Å². The van der Waals surface area contributed by atoms with Crippen LogP contribution >= 0.6 is 22.9 Å². The zero-order chi connectivity index (χ0) is 15.9. The third kappa shape index (κ3) is 3.05. The fraction of sp³-hybridized carbons (Fsp3) is 0.625. The van der Waals surface area contributed by atoms with Gasteiger partial charge in [0, 0.05) is 24.7 Å². The first-order chi connectivity index (χ1) is 11.2. The summed E-state index contributed by atoms with van der Waals surface area (Å²) in [5, 5.41) is 7.42. The van der Waals surface area contributed by atoms with E-state index in [2.05, 4.69) is 25.6 Å². The minimum Gasteiger partial charge on any atom is -0.321 e. The fourth-order valence-corrected chi connectivity index (χ4v) is 4.63. The summed E-state index contributed by atoms with van der Waals surface area (Å²) in [5.74, 6) is 1.03. The average Bonchev–Trinajstić information content (AvgIpc) is 2.88. The van der Waals surface area contributed by atoms with E-state index < -0.39 is 0 Å². The number of imidazole rings is 1. The number of rotatable bonds is 5. The Hall–Kier alpha value is -0.950. The van der Waals surface area contributed by atoms with Gasteiger partial charge in [0.25, 0.3) is 0 Å². The van der Waals surface area contributed by atoms with Crippen molar-refractivity contribution < 1.29 is 0 Å². The lowest BCUT2D eigenvalue weighted by Gasteiger charge is -2.29. The highest BCUT2D eigenvalue weighted by Gasteiger charge is 2.56. The third-order valence-electron chi connectivity index (χ3n) is 5.38. The van der Waals surface area contributed by atoms with Crippen molar-refractivity contribution in [3.8, 4) is 0 Å². The smallest absolute Gasteiger partial charge is 0.128 e. The number of piperidine rings is 1. The number of hydrogen-bond acceptors (Lipinski definition) is 5. The molecule has 1 aliphatic heterocycles. The molecule has 4 rings (SSSR count). The van der Waals surface area contributed by atoms with Crippen molar-refractivity contribution >= 4 is 22.9 Å². The maximum atomic E-state index is 6.16. The summed E-state index contributed by atoms with van der Waals surface area (Å²) < 4.78 is 1.98. The van der Waals surface area contributed by atoms with Crippen molar-refractivity contribution in [1.82, 2.24) is 24.8 Å². The van der Waals surface area contributed by atoms with Gasteiger partial charge in [0.1, 0.15) is 16.0 Å². The van der Waals surface area contributed by atoms with Gasteiger partial charge in [-0.25, -0.2) is 9.97 Å². The molecule has 0 amide bonds. The number of nitrogens with one attached hydrogen (secondary N) is 1. The first-order valence-electron chi connectivity index (χ1n) is 8.17. The van der Waals surface area contributed by atoms with E-state index >= 15 is 0 Å². The lowest BCUT2D eigenvalue weighted by molar-refractivity contribution is 0.182. The number of nitrogens with zero attached hydrogens (tertiary/aromatic N) is 4. The molecule has 1 saturated heterocycles. The summed E-state index contributed by atoms with van der Waals surface area (Å²) in [6.07, 6.45) is 7.51. The highest BCUT2D eigenvalue weighted by Crippen LogP contribution is 2.56. The summed E-state index contributed by atoms with van der Waals surface area (Å²) in [6, 6.07) is 0.643. The van der Waals surface area contributed by atoms with E-state index in [0.29, 0.717) is 16.6 Å². The molecule has 2 fully saturated rings. The summed E-state index contributed by atoms with van der Waals surface area (Å²) in [5.41, 5.74) is 0.511. The van der Waals surface area contributed by atoms with E-state index in [-0.39, 0.29) is 0 Å². The number of hydrogen-bond donors (Lipinski definition) is 1. The molecule has 0 unspecified atom stereocenters. The highest BCUT2D eigenvalue weighted by atomic mass is 35.5. The molecule has 0 radical (unpaired) electrons. The van der Waals surface area contributed by atoms with E-state index in [1.54, 1.807) is 17.5 Å². The van der Waals surface area contributed by atoms with E-state index in [1.165, 1.54) is 24.3 Å². The fourth-order valence-electron chi connectivity index (χ4n) is 3.84. The van der Waals surface area contributed by atoms with Crippen LogP contribution in [0.25, 0.3) is 0 Å². The molecule has 1 aliphatic carbocycles. The van der Waals surface area contributed by atoms with Gasteiger partial charge in [-0.15, -0.1) is 11.3 Å². The predicted molar refractivity (Wildman–Crippen MR) is 92.5 cm³/mol. The third-order valence-corrected chi connectivity index (χ3v) is 6.50. The topological polar surface area (TPSA) is 46.0 Å². The molecule has 5 nitrogen and oxygen atoms in total. The molecule has 124 valence electrons. The van der Waals surface area contributed by atoms with Gasteiger partial charge in [-0.1, -0.05) is 11.6 Å². The Bertz CT molecular complexity index is 662. The summed E-state index contributed by atoms with van der Waals surface area (Å²) >= 11 is 7.89. The Morgan fingerprint density at radius 2 is 2.22 bits per heavy atom. The van der Waals surface area contributed by atoms with Crippen LogP contribution in [-0.4, -0.2) is 38.6 Å². The molecule has 3 heterocycles. The van der Waals surface area contributed by atoms with Crippen molar-refractivity contribution in [1.29, 1.82) is 0 Å². The molecule has 2 aromatic heterocycles. The van der Waals surface area contributed by atoms with Gasteiger partial charge < -0.3 is 9.88 Å². The molecule has 0 bridgehead atoms. The van der Waals surface area contributed by atoms with Gasteiger partial charge in [-0.2, -0.15) is 0 Å². The van der Waals surface area contributed by atoms with Gasteiger partial charge in [0.15, 0.2) is 0 Å². The molecule has 7 heteroatoms. The average molecular weight is 352 g/mol. The van der Waals surface area contributed by atoms with Crippen molar-refractivity contribution in [3.05, 3.63) is 33.8 Å². The number of aromatic nitrogens is 3. The zero-order valence-electron chi connectivity index (χ0n) is 13.3. The van der Waals surface area contributed by atoms with E-state index in [0.717, 1.165) is 32.0 Å². The normalized spacial score (nSPS) is 22.8. The molecule has 1 saturated carbocycles. The van der Waals surface area contributed by atoms with Crippen molar-refractivity contribution in [2.45, 2.75) is 38.4 Å². The molecule has 2 aliphatic rings. The van der Waals surface area contributed by atoms with Gasteiger partial charge in [0.2, 0.25) is 0 Å². The monoisotopic (exact) mass is 351 g/mol. The van der Waals surface area contributed by atoms with Gasteiger partial charge in [0.05, 0.1) is 19.3 Å². The van der Waals surface area contributed by atoms with Gasteiger partial charge in [-0.3, -0.25) is 4.90 Å². The Morgan fingerprint density at radius 3 is 2.87 bits per heavy atom. The first kappa shape index (κ1) is 15.6. The maximum Gasteiger partial charge on any atom is 0.128 e. The zero-order valence-corrected chi connectivity index (χ0v) is 14.9. The minimum atomic E-state index is 0.511. The molecule has 1 N–H and O–H groups in total. The molecule has 2 aromatic rings. The second-order valence-electron chi connectivity index (χ2n) is 6.72. The van der Waals surface area contributed by atoms with Gasteiger partial charge in [-0.05, 0) is 37.8 Å².